The molecule has 2 aromatic rings. The highest BCUT2D eigenvalue weighted by Crippen LogP contribution is 2.16. The van der Waals surface area contributed by atoms with Crippen LogP contribution in [0.3, 0.4) is 0 Å². The number of rotatable bonds is 7. The maximum atomic E-state index is 12.7. The minimum atomic E-state index is -0.633. The summed E-state index contributed by atoms with van der Waals surface area (Å²) in [5, 5.41) is 3.16. The number of halogens is 2. The van der Waals surface area contributed by atoms with E-state index in [1.54, 1.807) is 38.2 Å². The SMILES string of the molecule is CNC(=O)C(C)N(Cc1cccc(Cl)c1)C(=O)COc1ccc(I)cc1. The van der Waals surface area contributed by atoms with Crippen LogP contribution in [0.15, 0.2) is 48.5 Å². The number of amides is 2. The summed E-state index contributed by atoms with van der Waals surface area (Å²) in [6.45, 7) is 1.80. The van der Waals surface area contributed by atoms with Crippen LogP contribution < -0.4 is 10.1 Å². The summed E-state index contributed by atoms with van der Waals surface area (Å²) in [6, 6.07) is 14.0. The zero-order valence-corrected chi connectivity index (χ0v) is 17.5. The van der Waals surface area contributed by atoms with Crippen molar-refractivity contribution in [2.75, 3.05) is 13.7 Å². The van der Waals surface area contributed by atoms with Gasteiger partial charge in [-0.1, -0.05) is 23.7 Å². The first-order valence-corrected chi connectivity index (χ1v) is 9.50. The third-order valence-electron chi connectivity index (χ3n) is 3.83. The van der Waals surface area contributed by atoms with E-state index in [0.29, 0.717) is 10.8 Å². The van der Waals surface area contributed by atoms with E-state index in [4.69, 9.17) is 16.3 Å². The fraction of sp³-hybridized carbons (Fsp3) is 0.263. The van der Waals surface area contributed by atoms with E-state index in [-0.39, 0.29) is 25.0 Å². The Hall–Kier alpha value is -1.80. The lowest BCUT2D eigenvalue weighted by Crippen LogP contribution is -2.48. The van der Waals surface area contributed by atoms with Crippen LogP contribution >= 0.6 is 34.2 Å². The molecule has 1 unspecified atom stereocenters. The topological polar surface area (TPSA) is 58.6 Å². The van der Waals surface area contributed by atoms with Crippen molar-refractivity contribution >= 4 is 46.0 Å². The third-order valence-corrected chi connectivity index (χ3v) is 4.79. The van der Waals surface area contributed by atoms with Gasteiger partial charge in [-0.25, -0.2) is 0 Å². The van der Waals surface area contributed by atoms with Crippen LogP contribution in [0.5, 0.6) is 5.75 Å². The third kappa shape index (κ3) is 5.88. The molecule has 0 radical (unpaired) electrons. The molecular formula is C19H20ClIN2O3. The number of nitrogens with zero attached hydrogens (tertiary/aromatic N) is 1. The molecule has 138 valence electrons. The van der Waals surface area contributed by atoms with E-state index in [9.17, 15) is 9.59 Å². The quantitative estimate of drug-likeness (QED) is 0.610. The van der Waals surface area contributed by atoms with Crippen LogP contribution in [0.1, 0.15) is 12.5 Å². The van der Waals surface area contributed by atoms with Crippen LogP contribution in [-0.2, 0) is 16.1 Å². The minimum absolute atomic E-state index is 0.150. The molecule has 0 bridgehead atoms. The van der Waals surface area contributed by atoms with Gasteiger partial charge in [0.1, 0.15) is 11.8 Å². The molecule has 0 saturated heterocycles. The highest BCUT2D eigenvalue weighted by Gasteiger charge is 2.25. The Labute approximate surface area is 171 Å². The van der Waals surface area contributed by atoms with Gasteiger partial charge in [-0.2, -0.15) is 0 Å². The standard InChI is InChI=1S/C19H20ClIN2O3/c1-13(19(25)22-2)23(11-14-4-3-5-15(20)10-14)18(24)12-26-17-8-6-16(21)7-9-17/h3-10,13H,11-12H2,1-2H3,(H,22,25). The fourth-order valence-electron chi connectivity index (χ4n) is 2.38. The summed E-state index contributed by atoms with van der Waals surface area (Å²) in [4.78, 5) is 26.3. The first kappa shape index (κ1) is 20.5. The number of carbonyl (C=O) groups excluding carboxylic acids is 2. The van der Waals surface area contributed by atoms with Crippen LogP contribution in [-0.4, -0.2) is 36.4 Å². The van der Waals surface area contributed by atoms with E-state index in [2.05, 4.69) is 27.9 Å². The average Bonchev–Trinajstić information content (AvgIpc) is 2.64. The fourth-order valence-corrected chi connectivity index (χ4v) is 2.95. The Morgan fingerprint density at radius 1 is 1.23 bits per heavy atom. The predicted molar refractivity (Wildman–Crippen MR) is 110 cm³/mol. The van der Waals surface area contributed by atoms with Crippen molar-refractivity contribution in [1.29, 1.82) is 0 Å². The van der Waals surface area contributed by atoms with Crippen molar-refractivity contribution < 1.29 is 14.3 Å². The zero-order chi connectivity index (χ0) is 19.1. The Morgan fingerprint density at radius 3 is 2.54 bits per heavy atom. The van der Waals surface area contributed by atoms with Gasteiger partial charge in [-0.15, -0.1) is 0 Å². The molecule has 0 saturated carbocycles. The van der Waals surface area contributed by atoms with Crippen molar-refractivity contribution in [3.8, 4) is 5.75 Å². The largest absolute Gasteiger partial charge is 0.484 e. The second kappa shape index (κ2) is 9.78. The first-order chi connectivity index (χ1) is 12.4. The number of nitrogens with one attached hydrogen (secondary N) is 1. The molecule has 1 atom stereocenters. The van der Waals surface area contributed by atoms with Crippen molar-refractivity contribution in [3.05, 3.63) is 62.7 Å². The normalized spacial score (nSPS) is 11.5. The summed E-state index contributed by atoms with van der Waals surface area (Å²) in [6.07, 6.45) is 0. The van der Waals surface area contributed by atoms with Gasteiger partial charge in [0, 0.05) is 22.2 Å². The summed E-state index contributed by atoms with van der Waals surface area (Å²) in [5.41, 5.74) is 0.843. The molecule has 2 aromatic carbocycles. The molecule has 0 aromatic heterocycles. The molecule has 2 rings (SSSR count). The van der Waals surface area contributed by atoms with Crippen molar-refractivity contribution in [2.24, 2.45) is 0 Å². The number of hydrogen-bond acceptors (Lipinski definition) is 3. The Balaban J connectivity index is 2.12. The molecule has 0 fully saturated rings. The number of benzene rings is 2. The van der Waals surface area contributed by atoms with E-state index >= 15 is 0 Å². The smallest absolute Gasteiger partial charge is 0.261 e. The van der Waals surface area contributed by atoms with Gasteiger partial charge in [0.25, 0.3) is 5.91 Å². The van der Waals surface area contributed by atoms with Crippen LogP contribution in [0.2, 0.25) is 5.02 Å². The lowest BCUT2D eigenvalue weighted by molar-refractivity contribution is -0.142. The van der Waals surface area contributed by atoms with Crippen molar-refractivity contribution in [2.45, 2.75) is 19.5 Å². The van der Waals surface area contributed by atoms with Gasteiger partial charge in [-0.3, -0.25) is 9.59 Å². The summed E-state index contributed by atoms with van der Waals surface area (Å²) in [5.74, 6) is 0.0864. The first-order valence-electron chi connectivity index (χ1n) is 8.04. The molecule has 0 spiro atoms. The highest BCUT2D eigenvalue weighted by molar-refractivity contribution is 14.1. The minimum Gasteiger partial charge on any atom is -0.484 e. The summed E-state index contributed by atoms with van der Waals surface area (Å²) < 4.78 is 6.66. The second-order valence-corrected chi connectivity index (χ2v) is 7.37. The zero-order valence-electron chi connectivity index (χ0n) is 14.5. The van der Waals surface area contributed by atoms with Crippen molar-refractivity contribution in [3.63, 3.8) is 0 Å². The molecular weight excluding hydrogens is 467 g/mol. The number of ether oxygens (including phenoxy) is 1. The molecule has 26 heavy (non-hydrogen) atoms. The molecule has 5 nitrogen and oxygen atoms in total. The second-order valence-electron chi connectivity index (χ2n) is 5.68. The number of carbonyl (C=O) groups is 2. The molecule has 0 aliphatic rings. The number of likely N-dealkylation sites (N-methyl/N-ethyl adjacent to an activating group) is 1. The van der Waals surface area contributed by atoms with Gasteiger partial charge in [0.2, 0.25) is 5.91 Å². The van der Waals surface area contributed by atoms with E-state index in [1.807, 2.05) is 24.3 Å². The Morgan fingerprint density at radius 2 is 1.92 bits per heavy atom. The molecule has 2 amide bonds. The van der Waals surface area contributed by atoms with Gasteiger partial charge < -0.3 is 15.0 Å². The Bertz CT molecular complexity index is 768. The monoisotopic (exact) mass is 486 g/mol. The van der Waals surface area contributed by atoms with Crippen LogP contribution in [0.4, 0.5) is 0 Å². The molecule has 0 heterocycles. The molecule has 0 aliphatic heterocycles. The summed E-state index contributed by atoms with van der Waals surface area (Å²) >= 11 is 8.22. The average molecular weight is 487 g/mol. The predicted octanol–water partition coefficient (Wildman–Crippen LogP) is 3.49. The lowest BCUT2D eigenvalue weighted by Gasteiger charge is -2.28. The van der Waals surface area contributed by atoms with Gasteiger partial charge in [-0.05, 0) is 71.5 Å². The lowest BCUT2D eigenvalue weighted by atomic mass is 10.1. The van der Waals surface area contributed by atoms with Gasteiger partial charge in [0.15, 0.2) is 6.61 Å². The number of hydrogen-bond donors (Lipinski definition) is 1. The van der Waals surface area contributed by atoms with Crippen molar-refractivity contribution in [1.82, 2.24) is 10.2 Å². The molecule has 7 heteroatoms. The van der Waals surface area contributed by atoms with E-state index in [0.717, 1.165) is 9.13 Å². The molecule has 0 aliphatic carbocycles. The van der Waals surface area contributed by atoms with E-state index < -0.39 is 6.04 Å². The van der Waals surface area contributed by atoms with Gasteiger partial charge in [0.05, 0.1) is 0 Å². The highest BCUT2D eigenvalue weighted by atomic mass is 127. The van der Waals surface area contributed by atoms with Crippen LogP contribution in [0.25, 0.3) is 0 Å². The maximum Gasteiger partial charge on any atom is 0.261 e. The maximum absolute atomic E-state index is 12.7. The Kier molecular flexibility index (Phi) is 7.71. The van der Waals surface area contributed by atoms with Crippen LogP contribution in [0, 0.1) is 3.57 Å². The van der Waals surface area contributed by atoms with Gasteiger partial charge >= 0.3 is 0 Å². The van der Waals surface area contributed by atoms with E-state index in [1.165, 1.54) is 4.90 Å². The molecule has 1 N–H and O–H groups in total. The summed E-state index contributed by atoms with van der Waals surface area (Å²) in [7, 11) is 1.54.